The zero-order valence-corrected chi connectivity index (χ0v) is 17.5. The molecule has 0 radical (unpaired) electrons. The molecular formula is C21H24ClNO7. The molecule has 1 amide bonds. The molecule has 0 saturated carbocycles. The van der Waals surface area contributed by atoms with E-state index in [4.69, 9.17) is 30.5 Å². The van der Waals surface area contributed by atoms with Gasteiger partial charge in [0.1, 0.15) is 13.2 Å². The number of hydrogen-bond donors (Lipinski definition) is 2. The minimum absolute atomic E-state index is 0.0790. The third-order valence-corrected chi connectivity index (χ3v) is 4.30. The molecule has 2 rings (SSSR count). The highest BCUT2D eigenvalue weighted by Gasteiger charge is 2.19. The van der Waals surface area contributed by atoms with Gasteiger partial charge in [-0.15, -0.1) is 11.6 Å². The Bertz CT molecular complexity index is 872. The number of alkyl halides is 1. The summed E-state index contributed by atoms with van der Waals surface area (Å²) in [6.45, 7) is 1.06. The normalized spacial score (nSPS) is 10.5. The zero-order valence-electron chi connectivity index (χ0n) is 16.8. The fourth-order valence-corrected chi connectivity index (χ4v) is 2.69. The van der Waals surface area contributed by atoms with Crippen LogP contribution in [-0.4, -0.2) is 57.6 Å². The number of carboxylic acid groups (broad SMARTS) is 1. The number of ether oxygens (including phenoxy) is 4. The number of amides is 1. The van der Waals surface area contributed by atoms with Gasteiger partial charge in [0.15, 0.2) is 11.5 Å². The number of anilines is 1. The van der Waals surface area contributed by atoms with Crippen molar-refractivity contribution in [1.82, 2.24) is 0 Å². The summed E-state index contributed by atoms with van der Waals surface area (Å²) in [5.41, 5.74) is 1.07. The molecule has 0 bridgehead atoms. The Kier molecular flexibility index (Phi) is 9.40. The molecule has 2 aromatic rings. The van der Waals surface area contributed by atoms with Crippen LogP contribution in [0, 0.1) is 0 Å². The summed E-state index contributed by atoms with van der Waals surface area (Å²) in [6, 6.07) is 9.48. The van der Waals surface area contributed by atoms with Gasteiger partial charge in [-0.05, 0) is 17.7 Å². The lowest BCUT2D eigenvalue weighted by molar-refractivity contribution is 0.0697. The van der Waals surface area contributed by atoms with Crippen LogP contribution in [0.3, 0.4) is 0 Å². The lowest BCUT2D eigenvalue weighted by Crippen LogP contribution is -2.16. The zero-order chi connectivity index (χ0) is 21.9. The van der Waals surface area contributed by atoms with Crippen molar-refractivity contribution in [3.05, 3.63) is 53.1 Å². The fourth-order valence-electron chi connectivity index (χ4n) is 2.53. The quantitative estimate of drug-likeness (QED) is 0.387. The number of nitrogens with one attached hydrogen (secondary N) is 1. The number of carbonyl (C=O) groups is 2. The molecule has 0 aliphatic heterocycles. The second-order valence-electron chi connectivity index (χ2n) is 6.12. The second-order valence-corrected chi connectivity index (χ2v) is 6.39. The molecule has 2 aromatic carbocycles. The van der Waals surface area contributed by atoms with Crippen molar-refractivity contribution in [1.29, 1.82) is 0 Å². The van der Waals surface area contributed by atoms with Crippen molar-refractivity contribution in [2.24, 2.45) is 0 Å². The summed E-state index contributed by atoms with van der Waals surface area (Å²) in [5, 5.41) is 12.3. The van der Waals surface area contributed by atoms with Gasteiger partial charge in [-0.1, -0.05) is 12.1 Å². The number of methoxy groups -OCH3 is 2. The topological polar surface area (TPSA) is 103 Å². The molecule has 9 heteroatoms. The van der Waals surface area contributed by atoms with E-state index in [1.54, 1.807) is 24.3 Å². The van der Waals surface area contributed by atoms with E-state index in [1.807, 2.05) is 0 Å². The lowest BCUT2D eigenvalue weighted by atomic mass is 10.1. The molecule has 0 aliphatic rings. The van der Waals surface area contributed by atoms with Gasteiger partial charge in [-0.2, -0.15) is 0 Å². The third-order valence-electron chi connectivity index (χ3n) is 4.00. The monoisotopic (exact) mass is 437 g/mol. The largest absolute Gasteiger partial charge is 0.487 e. The summed E-state index contributed by atoms with van der Waals surface area (Å²) in [5.74, 6) is -0.937. The maximum Gasteiger partial charge on any atom is 0.337 e. The van der Waals surface area contributed by atoms with Gasteiger partial charge < -0.3 is 29.4 Å². The number of aromatic carboxylic acids is 1. The summed E-state index contributed by atoms with van der Waals surface area (Å²) in [4.78, 5) is 24.5. The highest BCUT2D eigenvalue weighted by molar-refractivity contribution is 6.17. The summed E-state index contributed by atoms with van der Waals surface area (Å²) < 4.78 is 21.2. The Labute approximate surface area is 179 Å². The fraction of sp³-hybridized carbons (Fsp3) is 0.333. The number of hydrogen-bond acceptors (Lipinski definition) is 6. The molecular weight excluding hydrogens is 414 g/mol. The van der Waals surface area contributed by atoms with E-state index >= 15 is 0 Å². The van der Waals surface area contributed by atoms with E-state index < -0.39 is 11.9 Å². The van der Waals surface area contributed by atoms with Crippen molar-refractivity contribution in [2.75, 3.05) is 46.0 Å². The number of carboxylic acids is 1. The average Bonchev–Trinajstić information content (AvgIpc) is 2.75. The third kappa shape index (κ3) is 6.62. The number of carbonyl (C=O) groups excluding carboxylic acids is 1. The Balaban J connectivity index is 2.36. The predicted octanol–water partition coefficient (Wildman–Crippen LogP) is 3.43. The van der Waals surface area contributed by atoms with Crippen LogP contribution < -0.4 is 14.8 Å². The molecule has 0 unspecified atom stereocenters. The molecule has 0 spiro atoms. The van der Waals surface area contributed by atoms with Crippen molar-refractivity contribution in [2.45, 2.75) is 5.88 Å². The maximum absolute atomic E-state index is 12.7. The molecule has 0 heterocycles. The molecule has 0 fully saturated rings. The van der Waals surface area contributed by atoms with Gasteiger partial charge in [0.2, 0.25) is 0 Å². The SMILES string of the molecule is COCCOc1cc(NC(=O)c2cccc(CCl)c2)c(C(=O)O)cc1OCCOC. The molecule has 0 atom stereocenters. The smallest absolute Gasteiger partial charge is 0.337 e. The van der Waals surface area contributed by atoms with Crippen LogP contribution in [0.2, 0.25) is 0 Å². The molecule has 0 aromatic heterocycles. The van der Waals surface area contributed by atoms with E-state index in [9.17, 15) is 14.7 Å². The van der Waals surface area contributed by atoms with Gasteiger partial charge in [-0.3, -0.25) is 4.79 Å². The first-order valence-corrected chi connectivity index (χ1v) is 9.64. The van der Waals surface area contributed by atoms with Crippen molar-refractivity contribution in [3.63, 3.8) is 0 Å². The molecule has 30 heavy (non-hydrogen) atoms. The summed E-state index contributed by atoms with van der Waals surface area (Å²) in [7, 11) is 3.06. The first kappa shape index (κ1) is 23.5. The van der Waals surface area contributed by atoms with Gasteiger partial charge in [0.05, 0.1) is 24.5 Å². The first-order chi connectivity index (χ1) is 14.5. The Morgan fingerprint density at radius 2 is 1.60 bits per heavy atom. The predicted molar refractivity (Wildman–Crippen MR) is 112 cm³/mol. The van der Waals surface area contributed by atoms with E-state index in [-0.39, 0.29) is 41.8 Å². The van der Waals surface area contributed by atoms with E-state index in [2.05, 4.69) is 5.32 Å². The van der Waals surface area contributed by atoms with Gasteiger partial charge in [0, 0.05) is 37.8 Å². The van der Waals surface area contributed by atoms with Gasteiger partial charge >= 0.3 is 5.97 Å². The molecule has 0 saturated heterocycles. The van der Waals surface area contributed by atoms with E-state index in [1.165, 1.54) is 26.4 Å². The first-order valence-electron chi connectivity index (χ1n) is 9.11. The average molecular weight is 438 g/mol. The van der Waals surface area contributed by atoms with Crippen LogP contribution in [0.4, 0.5) is 5.69 Å². The highest BCUT2D eigenvalue weighted by Crippen LogP contribution is 2.34. The van der Waals surface area contributed by atoms with Gasteiger partial charge in [-0.25, -0.2) is 4.79 Å². The van der Waals surface area contributed by atoms with Crippen LogP contribution in [0.1, 0.15) is 26.3 Å². The van der Waals surface area contributed by atoms with Crippen LogP contribution in [0.15, 0.2) is 36.4 Å². The lowest BCUT2D eigenvalue weighted by Gasteiger charge is -2.17. The maximum atomic E-state index is 12.7. The van der Waals surface area contributed by atoms with Crippen LogP contribution in [0.25, 0.3) is 0 Å². The molecule has 162 valence electrons. The second kappa shape index (κ2) is 12.0. The minimum atomic E-state index is -1.22. The summed E-state index contributed by atoms with van der Waals surface area (Å²) >= 11 is 5.82. The molecule has 8 nitrogen and oxygen atoms in total. The highest BCUT2D eigenvalue weighted by atomic mass is 35.5. The molecule has 0 aliphatic carbocycles. The number of halogens is 1. The van der Waals surface area contributed by atoms with Crippen molar-refractivity contribution >= 4 is 29.2 Å². The van der Waals surface area contributed by atoms with Gasteiger partial charge in [0.25, 0.3) is 5.91 Å². The Morgan fingerprint density at radius 3 is 2.17 bits per heavy atom. The Hall–Kier alpha value is -2.81. The number of rotatable bonds is 12. The minimum Gasteiger partial charge on any atom is -0.487 e. The standard InChI is InChI=1S/C21H24ClNO7/c1-27-6-8-29-18-11-16(21(25)26)17(12-19(18)30-9-7-28-2)23-20(24)15-5-3-4-14(10-15)13-22/h3-5,10-12H,6-9,13H2,1-2H3,(H,23,24)(H,25,26). The van der Waals surface area contributed by atoms with Crippen LogP contribution in [0.5, 0.6) is 11.5 Å². The van der Waals surface area contributed by atoms with Crippen molar-refractivity contribution in [3.8, 4) is 11.5 Å². The van der Waals surface area contributed by atoms with E-state index in [0.717, 1.165) is 5.56 Å². The van der Waals surface area contributed by atoms with Crippen LogP contribution >= 0.6 is 11.6 Å². The van der Waals surface area contributed by atoms with Crippen LogP contribution in [-0.2, 0) is 15.4 Å². The van der Waals surface area contributed by atoms with E-state index in [0.29, 0.717) is 18.8 Å². The molecule has 2 N–H and O–H groups in total. The summed E-state index contributed by atoms with van der Waals surface area (Å²) in [6.07, 6.45) is 0. The Morgan fingerprint density at radius 1 is 0.967 bits per heavy atom. The number of benzene rings is 2. The van der Waals surface area contributed by atoms with Crippen molar-refractivity contribution < 1.29 is 33.6 Å².